The molecule has 0 aromatic heterocycles. The Balaban J connectivity index is 4.10. The molecular formula is C20H42N4O3. The van der Waals surface area contributed by atoms with E-state index in [1.807, 2.05) is 0 Å². The van der Waals surface area contributed by atoms with E-state index in [4.69, 9.17) is 5.73 Å². The molecule has 27 heavy (non-hydrogen) atoms. The van der Waals surface area contributed by atoms with E-state index in [1.54, 1.807) is 0 Å². The number of hydrogen-bond donors (Lipinski definition) is 5. The van der Waals surface area contributed by atoms with Gasteiger partial charge in [-0.15, -0.1) is 0 Å². The van der Waals surface area contributed by atoms with Crippen molar-refractivity contribution in [2.75, 3.05) is 13.1 Å². The van der Waals surface area contributed by atoms with Crippen molar-refractivity contribution in [3.63, 3.8) is 0 Å². The molecule has 0 aliphatic heterocycles. The number of carboxylic acid groups (broad SMARTS) is 1. The molecule has 1 amide bonds. The highest BCUT2D eigenvalue weighted by Gasteiger charge is 2.22. The molecule has 2 atom stereocenters. The van der Waals surface area contributed by atoms with Crippen LogP contribution in [0.15, 0.2) is 0 Å². The summed E-state index contributed by atoms with van der Waals surface area (Å²) in [6.45, 7) is 14.3. The number of unbranched alkanes of at least 4 members (excludes halogenated alkanes) is 2. The third-order valence-corrected chi connectivity index (χ3v) is 4.12. The first kappa shape index (κ1) is 25.8. The number of aliphatic carboxylic acids is 1. The zero-order valence-corrected chi connectivity index (χ0v) is 18.2. The summed E-state index contributed by atoms with van der Waals surface area (Å²) in [6, 6.07) is -1.54. The van der Waals surface area contributed by atoms with Crippen LogP contribution in [0.2, 0.25) is 0 Å². The topological polar surface area (TPSA) is 116 Å². The van der Waals surface area contributed by atoms with Gasteiger partial charge in [0.1, 0.15) is 6.04 Å². The van der Waals surface area contributed by atoms with Crippen molar-refractivity contribution in [3.05, 3.63) is 0 Å². The first-order valence-corrected chi connectivity index (χ1v) is 10.1. The summed E-state index contributed by atoms with van der Waals surface area (Å²) in [5, 5.41) is 18.7. The number of rotatable bonds is 13. The number of hydrogen-bond acceptors (Lipinski definition) is 5. The normalized spacial score (nSPS) is 14.6. The fourth-order valence-electron chi connectivity index (χ4n) is 2.56. The molecule has 160 valence electrons. The molecule has 0 rings (SSSR count). The molecule has 6 N–H and O–H groups in total. The van der Waals surface area contributed by atoms with Gasteiger partial charge in [-0.3, -0.25) is 4.79 Å². The lowest BCUT2D eigenvalue weighted by atomic mass is 10.1. The molecule has 0 spiro atoms. The number of carbonyl (C=O) groups excluding carboxylic acids is 1. The molecule has 7 heteroatoms. The molecule has 0 saturated carbocycles. The van der Waals surface area contributed by atoms with Crippen LogP contribution in [-0.2, 0) is 9.59 Å². The summed E-state index contributed by atoms with van der Waals surface area (Å²) in [5.41, 5.74) is 6.05. The minimum Gasteiger partial charge on any atom is -0.480 e. The molecule has 0 aromatic carbocycles. The van der Waals surface area contributed by atoms with Gasteiger partial charge in [0, 0.05) is 11.1 Å². The van der Waals surface area contributed by atoms with E-state index in [0.717, 1.165) is 38.8 Å². The predicted octanol–water partition coefficient (Wildman–Crippen LogP) is 2.00. The number of amides is 1. The second-order valence-corrected chi connectivity index (χ2v) is 9.35. The van der Waals surface area contributed by atoms with E-state index in [9.17, 15) is 14.7 Å². The molecule has 1 unspecified atom stereocenters. The minimum absolute atomic E-state index is 0.0512. The number of nitrogens with two attached hydrogens (primary N) is 1. The van der Waals surface area contributed by atoms with Gasteiger partial charge in [-0.05, 0) is 86.7 Å². The summed E-state index contributed by atoms with van der Waals surface area (Å²) < 4.78 is 0. The summed E-state index contributed by atoms with van der Waals surface area (Å²) in [7, 11) is 0. The van der Waals surface area contributed by atoms with Crippen molar-refractivity contribution in [2.45, 2.75) is 103 Å². The van der Waals surface area contributed by atoms with Gasteiger partial charge in [-0.1, -0.05) is 6.42 Å². The zero-order valence-electron chi connectivity index (χ0n) is 18.2. The zero-order chi connectivity index (χ0) is 21.1. The molecule has 0 saturated heterocycles. The monoisotopic (exact) mass is 386 g/mol. The molecule has 0 bridgehead atoms. The number of carbonyl (C=O) groups is 2. The maximum absolute atomic E-state index is 12.2. The Kier molecular flexibility index (Phi) is 11.8. The maximum atomic E-state index is 12.2. The molecule has 0 aliphatic rings. The maximum Gasteiger partial charge on any atom is 0.326 e. The highest BCUT2D eigenvalue weighted by Crippen LogP contribution is 2.06. The van der Waals surface area contributed by atoms with Crippen LogP contribution in [0.5, 0.6) is 0 Å². The quantitative estimate of drug-likeness (QED) is 0.309. The summed E-state index contributed by atoms with van der Waals surface area (Å²) in [5.74, 6) is -1.38. The average molecular weight is 387 g/mol. The molecule has 0 fully saturated rings. The highest BCUT2D eigenvalue weighted by molar-refractivity contribution is 5.86. The fraction of sp³-hybridized carbons (Fsp3) is 0.900. The van der Waals surface area contributed by atoms with Gasteiger partial charge >= 0.3 is 5.97 Å². The summed E-state index contributed by atoms with van der Waals surface area (Å²) >= 11 is 0. The second-order valence-electron chi connectivity index (χ2n) is 9.35. The third kappa shape index (κ3) is 15.6. The van der Waals surface area contributed by atoms with Crippen molar-refractivity contribution >= 4 is 11.9 Å². The van der Waals surface area contributed by atoms with E-state index in [-0.39, 0.29) is 17.0 Å². The Hall–Kier alpha value is -1.18. The van der Waals surface area contributed by atoms with Gasteiger partial charge in [0.25, 0.3) is 0 Å². The lowest BCUT2D eigenvalue weighted by Crippen LogP contribution is -2.48. The summed E-state index contributed by atoms with van der Waals surface area (Å²) in [4.78, 5) is 23.6. The first-order valence-electron chi connectivity index (χ1n) is 10.1. The van der Waals surface area contributed by atoms with Crippen molar-refractivity contribution < 1.29 is 14.7 Å². The first-order chi connectivity index (χ1) is 12.3. The predicted molar refractivity (Wildman–Crippen MR) is 111 cm³/mol. The fourth-order valence-corrected chi connectivity index (χ4v) is 2.56. The van der Waals surface area contributed by atoms with Gasteiger partial charge in [0.05, 0.1) is 6.04 Å². The molecule has 0 heterocycles. The van der Waals surface area contributed by atoms with Crippen LogP contribution < -0.4 is 21.7 Å². The Morgan fingerprint density at radius 2 is 1.30 bits per heavy atom. The smallest absolute Gasteiger partial charge is 0.326 e. The second kappa shape index (κ2) is 12.3. The van der Waals surface area contributed by atoms with E-state index >= 15 is 0 Å². The minimum atomic E-state index is -1.01. The number of carboxylic acids is 1. The van der Waals surface area contributed by atoms with Crippen LogP contribution in [0.25, 0.3) is 0 Å². The van der Waals surface area contributed by atoms with Gasteiger partial charge in [-0.2, -0.15) is 0 Å². The van der Waals surface area contributed by atoms with Crippen molar-refractivity contribution in [1.82, 2.24) is 16.0 Å². The Morgan fingerprint density at radius 3 is 1.70 bits per heavy atom. The van der Waals surface area contributed by atoms with E-state index < -0.39 is 18.1 Å². The lowest BCUT2D eigenvalue weighted by molar-refractivity contribution is -0.142. The SMILES string of the molecule is CC(C)(C)NCCCCC(NC(=O)[C@@H](N)CCCCNC(C)(C)C)C(=O)O. The number of nitrogens with one attached hydrogen (secondary N) is 3. The van der Waals surface area contributed by atoms with Gasteiger partial charge < -0.3 is 26.8 Å². The largest absolute Gasteiger partial charge is 0.480 e. The van der Waals surface area contributed by atoms with E-state index in [0.29, 0.717) is 12.8 Å². The Labute approximate surface area is 165 Å². The highest BCUT2D eigenvalue weighted by atomic mass is 16.4. The molecule has 0 aromatic rings. The average Bonchev–Trinajstić information content (AvgIpc) is 2.50. The molecule has 7 nitrogen and oxygen atoms in total. The van der Waals surface area contributed by atoms with Crippen LogP contribution in [0.1, 0.15) is 80.1 Å². The van der Waals surface area contributed by atoms with Crippen molar-refractivity contribution in [2.24, 2.45) is 5.73 Å². The molecule has 0 radical (unpaired) electrons. The van der Waals surface area contributed by atoms with Crippen LogP contribution >= 0.6 is 0 Å². The van der Waals surface area contributed by atoms with Gasteiger partial charge in [-0.25, -0.2) is 4.79 Å². The van der Waals surface area contributed by atoms with E-state index in [2.05, 4.69) is 57.5 Å². The van der Waals surface area contributed by atoms with Crippen molar-refractivity contribution in [1.29, 1.82) is 0 Å². The summed E-state index contributed by atoms with van der Waals surface area (Å²) in [6.07, 6.45) is 4.32. The Bertz CT molecular complexity index is 441. The van der Waals surface area contributed by atoms with Crippen LogP contribution in [0.4, 0.5) is 0 Å². The van der Waals surface area contributed by atoms with Gasteiger partial charge in [0.15, 0.2) is 0 Å². The Morgan fingerprint density at radius 1 is 0.852 bits per heavy atom. The third-order valence-electron chi connectivity index (χ3n) is 4.12. The molecule has 0 aliphatic carbocycles. The van der Waals surface area contributed by atoms with Crippen LogP contribution in [0, 0.1) is 0 Å². The lowest BCUT2D eigenvalue weighted by Gasteiger charge is -2.21. The van der Waals surface area contributed by atoms with E-state index in [1.165, 1.54) is 0 Å². The standard InChI is InChI=1S/C20H42N4O3/c1-19(2,3)22-13-9-7-11-15(21)17(25)24-16(18(26)27)12-8-10-14-23-20(4,5)6/h15-16,22-23H,7-14,21H2,1-6H3,(H,24,25)(H,26,27)/t15-,16?/m0/s1. The molecular weight excluding hydrogens is 344 g/mol. The van der Waals surface area contributed by atoms with Crippen molar-refractivity contribution in [3.8, 4) is 0 Å². The van der Waals surface area contributed by atoms with Crippen LogP contribution in [-0.4, -0.2) is 53.2 Å². The van der Waals surface area contributed by atoms with Crippen LogP contribution in [0.3, 0.4) is 0 Å². The van der Waals surface area contributed by atoms with Gasteiger partial charge in [0.2, 0.25) is 5.91 Å².